The zero-order chi connectivity index (χ0) is 64.7. The summed E-state index contributed by atoms with van der Waals surface area (Å²) in [6, 6.07) is -1.01. The summed E-state index contributed by atoms with van der Waals surface area (Å²) in [6.07, 6.45) is 44.3. The summed E-state index contributed by atoms with van der Waals surface area (Å²) in [5.74, 6) is -0.321. The van der Waals surface area contributed by atoms with Crippen molar-refractivity contribution >= 4 is 5.91 Å². The highest BCUT2D eigenvalue weighted by Crippen LogP contribution is 2.33. The van der Waals surface area contributed by atoms with E-state index >= 15 is 0 Å². The van der Waals surface area contributed by atoms with E-state index in [1.165, 1.54) is 6.42 Å². The highest BCUT2D eigenvalue weighted by atomic mass is 16.8. The van der Waals surface area contributed by atoms with Gasteiger partial charge in [-0.05, 0) is 109 Å². The van der Waals surface area contributed by atoms with Crippen LogP contribution in [-0.4, -0.2) is 193 Å². The van der Waals surface area contributed by atoms with E-state index in [2.05, 4.69) is 153 Å². The lowest BCUT2D eigenvalue weighted by atomic mass is 9.96. The molecular formula is C70H111NO18. The molecule has 1 amide bonds. The van der Waals surface area contributed by atoms with Crippen LogP contribution in [0.3, 0.4) is 0 Å². The highest BCUT2D eigenvalue weighted by molar-refractivity contribution is 5.76. The number of hydrogen-bond acceptors (Lipinski definition) is 18. The molecule has 0 bridgehead atoms. The van der Waals surface area contributed by atoms with Crippen LogP contribution in [0.25, 0.3) is 0 Å². The first-order chi connectivity index (χ1) is 43.3. The number of nitrogens with one attached hydrogen (secondary N) is 1. The fourth-order valence-electron chi connectivity index (χ4n) is 9.82. The molecule has 504 valence electrons. The average Bonchev–Trinajstić information content (AvgIpc) is 1.40. The summed E-state index contributed by atoms with van der Waals surface area (Å²) >= 11 is 0. The summed E-state index contributed by atoms with van der Waals surface area (Å²) < 4.78 is 34.1. The molecule has 3 aliphatic heterocycles. The normalized spacial score (nSPS) is 29.2. The van der Waals surface area contributed by atoms with E-state index in [-0.39, 0.29) is 18.9 Å². The molecule has 89 heavy (non-hydrogen) atoms. The van der Waals surface area contributed by atoms with Crippen LogP contribution in [0.5, 0.6) is 0 Å². The third-order valence-corrected chi connectivity index (χ3v) is 15.1. The largest absolute Gasteiger partial charge is 0.394 e. The Morgan fingerprint density at radius 1 is 0.416 bits per heavy atom. The molecule has 3 aliphatic rings. The zero-order valence-corrected chi connectivity index (χ0v) is 52.8. The smallest absolute Gasteiger partial charge is 0.220 e. The SMILES string of the molecule is CC/C=C\C/C=C\C/C=C\C/C=C\C/C=C\C/C=C\C/C=C\C/C=C\C/C=C\C/C=C\CCCCCCC(=O)NC(COC1OC(CO)C(OC2OC(CO)C(OC3OC(CO)C(O)C(O)C3O)C(O)C2O)C(O)C1O)C(O)/C=C/CC/C=C/CCCCC. The van der Waals surface area contributed by atoms with Gasteiger partial charge in [0.2, 0.25) is 5.91 Å². The van der Waals surface area contributed by atoms with Gasteiger partial charge in [0.05, 0.1) is 38.6 Å². The lowest BCUT2D eigenvalue weighted by Gasteiger charge is -2.48. The van der Waals surface area contributed by atoms with Gasteiger partial charge in [-0.1, -0.05) is 185 Å². The van der Waals surface area contributed by atoms with Crippen LogP contribution in [0.15, 0.2) is 146 Å². The van der Waals surface area contributed by atoms with Gasteiger partial charge in [0.25, 0.3) is 0 Å². The van der Waals surface area contributed by atoms with Gasteiger partial charge >= 0.3 is 0 Å². The number of hydrogen-bond donors (Lipinski definition) is 12. The molecule has 3 saturated heterocycles. The molecule has 0 saturated carbocycles. The number of allylic oxidation sites excluding steroid dienone is 23. The molecule has 19 heteroatoms. The van der Waals surface area contributed by atoms with Crippen molar-refractivity contribution in [2.45, 2.75) is 259 Å². The van der Waals surface area contributed by atoms with Gasteiger partial charge < -0.3 is 89.9 Å². The Hall–Kier alpha value is -4.33. The molecule has 3 rings (SSSR count). The summed E-state index contributed by atoms with van der Waals surface area (Å²) in [5.41, 5.74) is 0. The summed E-state index contributed by atoms with van der Waals surface area (Å²) in [7, 11) is 0. The van der Waals surface area contributed by atoms with E-state index in [0.29, 0.717) is 12.8 Å². The number of carbonyl (C=O) groups excluding carboxylic acids is 1. The quantitative estimate of drug-likeness (QED) is 0.0206. The van der Waals surface area contributed by atoms with E-state index in [0.717, 1.165) is 116 Å². The molecule has 17 unspecified atom stereocenters. The molecule has 0 aliphatic carbocycles. The van der Waals surface area contributed by atoms with Crippen LogP contribution in [0.1, 0.15) is 155 Å². The van der Waals surface area contributed by atoms with Crippen LogP contribution in [0.2, 0.25) is 0 Å². The Balaban J connectivity index is 1.38. The van der Waals surface area contributed by atoms with Crippen LogP contribution in [0.4, 0.5) is 0 Å². The maximum atomic E-state index is 13.3. The predicted molar refractivity (Wildman–Crippen MR) is 346 cm³/mol. The Labute approximate surface area is 530 Å². The standard InChI is InChI=1S/C70H111NO18/c1-3-5-7-9-11-13-14-15-16-17-18-19-20-21-22-23-24-25-26-27-28-29-30-31-32-33-34-35-36-37-38-40-42-44-46-48-58(76)71-53(54(75)47-45-43-41-39-12-10-8-6-4-2)52-84-68-64(82)61(79)66(56(50-73)86-68)89-70-65(83)62(80)67(57(51-74)87-70)88-69-63(81)60(78)59(77)55(49-72)85-69/h5,7,11-13,15-16,18-19,21-22,24-25,27-28,30-31,33-34,36-37,39,45,47,53-57,59-70,72-75,77-83H,3-4,6,8-10,14,17,20,23,26,29,32,35,38,40-44,46,48-52H2,1-2H3,(H,71,76)/b7-5-,13-11-,16-15-,19-18-,22-21-,25-24-,28-27-,31-30-,34-33-,37-36-,39-12+,47-45+. The van der Waals surface area contributed by atoms with Gasteiger partial charge in [-0.2, -0.15) is 0 Å². The van der Waals surface area contributed by atoms with Gasteiger partial charge in [0.1, 0.15) is 73.2 Å². The second-order valence-corrected chi connectivity index (χ2v) is 22.5. The number of unbranched alkanes of at least 4 members (excludes halogenated alkanes) is 8. The number of ether oxygens (including phenoxy) is 6. The summed E-state index contributed by atoms with van der Waals surface area (Å²) in [6.45, 7) is 1.46. The number of aliphatic hydroxyl groups excluding tert-OH is 11. The number of rotatable bonds is 46. The molecule has 3 heterocycles. The van der Waals surface area contributed by atoms with Gasteiger partial charge in [-0.25, -0.2) is 0 Å². The minimum absolute atomic E-state index is 0.194. The van der Waals surface area contributed by atoms with E-state index < -0.39 is 124 Å². The van der Waals surface area contributed by atoms with E-state index in [4.69, 9.17) is 28.4 Å². The molecule has 3 fully saturated rings. The maximum absolute atomic E-state index is 13.3. The second-order valence-electron chi connectivity index (χ2n) is 22.5. The van der Waals surface area contributed by atoms with Crippen LogP contribution >= 0.6 is 0 Å². The molecule has 0 radical (unpaired) electrons. The molecule has 12 N–H and O–H groups in total. The molecule has 0 spiro atoms. The van der Waals surface area contributed by atoms with Crippen molar-refractivity contribution in [1.82, 2.24) is 5.32 Å². The molecule has 17 atom stereocenters. The van der Waals surface area contributed by atoms with E-state index in [1.807, 2.05) is 6.08 Å². The van der Waals surface area contributed by atoms with Crippen molar-refractivity contribution in [1.29, 1.82) is 0 Å². The van der Waals surface area contributed by atoms with Crippen LogP contribution in [-0.2, 0) is 33.2 Å². The molecular weight excluding hydrogens is 1140 g/mol. The second kappa shape index (κ2) is 50.3. The lowest BCUT2D eigenvalue weighted by molar-refractivity contribution is -0.379. The van der Waals surface area contributed by atoms with Crippen molar-refractivity contribution < 1.29 is 89.4 Å². The topological polar surface area (TPSA) is 307 Å². The van der Waals surface area contributed by atoms with Crippen molar-refractivity contribution in [3.8, 4) is 0 Å². The lowest BCUT2D eigenvalue weighted by Crippen LogP contribution is -2.66. The Bertz CT molecular complexity index is 2180. The third-order valence-electron chi connectivity index (χ3n) is 15.1. The molecule has 19 nitrogen and oxygen atoms in total. The Morgan fingerprint density at radius 3 is 1.25 bits per heavy atom. The maximum Gasteiger partial charge on any atom is 0.220 e. The Morgan fingerprint density at radius 2 is 0.787 bits per heavy atom. The van der Waals surface area contributed by atoms with Crippen molar-refractivity contribution in [2.24, 2.45) is 0 Å². The van der Waals surface area contributed by atoms with Gasteiger partial charge in [-0.15, -0.1) is 0 Å². The number of carbonyl (C=O) groups is 1. The molecule has 0 aromatic rings. The third kappa shape index (κ3) is 32.7. The first-order valence-corrected chi connectivity index (χ1v) is 32.6. The van der Waals surface area contributed by atoms with Gasteiger partial charge in [0, 0.05) is 6.42 Å². The fraction of sp³-hybridized carbons (Fsp3) is 0.643. The highest BCUT2D eigenvalue weighted by Gasteiger charge is 2.53. The first-order valence-electron chi connectivity index (χ1n) is 32.6. The van der Waals surface area contributed by atoms with Crippen LogP contribution < -0.4 is 5.32 Å². The van der Waals surface area contributed by atoms with Crippen LogP contribution in [0, 0.1) is 0 Å². The van der Waals surface area contributed by atoms with E-state index in [1.54, 1.807) is 6.08 Å². The Kier molecular flexibility index (Phi) is 44.6. The minimum Gasteiger partial charge on any atom is -0.394 e. The number of amides is 1. The monoisotopic (exact) mass is 1250 g/mol. The summed E-state index contributed by atoms with van der Waals surface area (Å²) in [4.78, 5) is 13.3. The molecule has 0 aromatic heterocycles. The number of aliphatic hydroxyl groups is 11. The van der Waals surface area contributed by atoms with Gasteiger partial charge in [-0.3, -0.25) is 4.79 Å². The minimum atomic E-state index is -1.99. The zero-order valence-electron chi connectivity index (χ0n) is 52.8. The average molecular weight is 1250 g/mol. The summed E-state index contributed by atoms with van der Waals surface area (Å²) in [5, 5.41) is 120. The van der Waals surface area contributed by atoms with Gasteiger partial charge in [0.15, 0.2) is 18.9 Å². The first kappa shape index (κ1) is 78.9. The van der Waals surface area contributed by atoms with Crippen molar-refractivity contribution in [2.75, 3.05) is 26.4 Å². The fourth-order valence-corrected chi connectivity index (χ4v) is 9.82. The van der Waals surface area contributed by atoms with Crippen molar-refractivity contribution in [3.63, 3.8) is 0 Å². The van der Waals surface area contributed by atoms with E-state index in [9.17, 15) is 61.0 Å². The predicted octanol–water partition coefficient (Wildman–Crippen LogP) is 7.59. The van der Waals surface area contributed by atoms with Crippen molar-refractivity contribution in [3.05, 3.63) is 146 Å². The molecule has 0 aromatic carbocycles.